The second kappa shape index (κ2) is 2.44. The van der Waals surface area contributed by atoms with E-state index in [-0.39, 0.29) is 11.5 Å². The molecule has 0 atom stereocenters. The van der Waals surface area contributed by atoms with Gasteiger partial charge in [-0.15, -0.1) is 10.2 Å². The van der Waals surface area contributed by atoms with Gasteiger partial charge in [0.2, 0.25) is 5.95 Å². The summed E-state index contributed by atoms with van der Waals surface area (Å²) in [5, 5.41) is 16.0. The van der Waals surface area contributed by atoms with Crippen LogP contribution in [0.25, 0.3) is 5.65 Å². The summed E-state index contributed by atoms with van der Waals surface area (Å²) < 4.78 is 1.42. The summed E-state index contributed by atoms with van der Waals surface area (Å²) in [6, 6.07) is 3.00. The lowest BCUT2D eigenvalue weighted by molar-refractivity contribution is 0.0696. The van der Waals surface area contributed by atoms with Crippen molar-refractivity contribution in [2.24, 2.45) is 0 Å². The molecule has 2 rings (SSSR count). The van der Waals surface area contributed by atoms with Gasteiger partial charge in [0.25, 0.3) is 0 Å². The Balaban J connectivity index is 2.72. The zero-order valence-electron chi connectivity index (χ0n) is 6.51. The fourth-order valence-corrected chi connectivity index (χ4v) is 1.04. The van der Waals surface area contributed by atoms with Crippen LogP contribution in [0.5, 0.6) is 0 Å². The second-order valence-corrected chi connectivity index (χ2v) is 2.51. The predicted octanol–water partition coefficient (Wildman–Crippen LogP) is 0.00970. The minimum absolute atomic E-state index is 0.152. The number of rotatable bonds is 1. The van der Waals surface area contributed by atoms with Gasteiger partial charge in [0.05, 0.1) is 5.56 Å². The van der Waals surface area contributed by atoms with Gasteiger partial charge in [-0.1, -0.05) is 0 Å². The number of hydrogen-bond acceptors (Lipinski definition) is 4. The first-order chi connectivity index (χ1) is 6.18. The molecule has 2 aromatic rings. The molecule has 0 fully saturated rings. The standard InChI is InChI=1S/C7H6N4O2/c8-7-10-9-5-2-1-4(6(12)13)3-11(5)7/h1-3H,(H2,8,10)(H,12,13). The van der Waals surface area contributed by atoms with Gasteiger partial charge in [-0.2, -0.15) is 0 Å². The monoisotopic (exact) mass is 178 g/mol. The summed E-state index contributed by atoms with van der Waals surface area (Å²) in [6.45, 7) is 0. The number of nitrogens with two attached hydrogens (primary N) is 1. The Hall–Kier alpha value is -2.11. The van der Waals surface area contributed by atoms with Crippen molar-refractivity contribution in [3.63, 3.8) is 0 Å². The number of anilines is 1. The molecule has 6 nitrogen and oxygen atoms in total. The third-order valence-electron chi connectivity index (χ3n) is 1.68. The second-order valence-electron chi connectivity index (χ2n) is 2.51. The van der Waals surface area contributed by atoms with Crippen molar-refractivity contribution in [2.45, 2.75) is 0 Å². The first-order valence-corrected chi connectivity index (χ1v) is 3.52. The smallest absolute Gasteiger partial charge is 0.337 e. The SMILES string of the molecule is Nc1nnc2ccc(C(=O)O)cn12. The molecular formula is C7H6N4O2. The van der Waals surface area contributed by atoms with Gasteiger partial charge in [0.15, 0.2) is 5.65 Å². The summed E-state index contributed by atoms with van der Waals surface area (Å²) >= 11 is 0. The molecule has 0 spiro atoms. The fourth-order valence-electron chi connectivity index (χ4n) is 1.04. The third kappa shape index (κ3) is 1.08. The molecule has 0 bridgehead atoms. The van der Waals surface area contributed by atoms with Crippen LogP contribution < -0.4 is 5.73 Å². The zero-order chi connectivity index (χ0) is 9.42. The molecule has 0 aliphatic rings. The molecule has 2 heterocycles. The maximum Gasteiger partial charge on any atom is 0.337 e. The van der Waals surface area contributed by atoms with Gasteiger partial charge in [0.1, 0.15) is 0 Å². The highest BCUT2D eigenvalue weighted by Gasteiger charge is 2.06. The molecule has 0 unspecified atom stereocenters. The number of nitrogen functional groups attached to an aromatic ring is 1. The van der Waals surface area contributed by atoms with Crippen LogP contribution in [0.2, 0.25) is 0 Å². The van der Waals surface area contributed by atoms with Crippen LogP contribution in [-0.4, -0.2) is 25.7 Å². The van der Waals surface area contributed by atoms with Crippen molar-refractivity contribution in [1.82, 2.24) is 14.6 Å². The van der Waals surface area contributed by atoms with E-state index in [1.165, 1.54) is 16.7 Å². The largest absolute Gasteiger partial charge is 0.478 e. The highest BCUT2D eigenvalue weighted by atomic mass is 16.4. The summed E-state index contributed by atoms with van der Waals surface area (Å²) in [7, 11) is 0. The molecule has 3 N–H and O–H groups in total. The van der Waals surface area contributed by atoms with Crippen molar-refractivity contribution in [2.75, 3.05) is 5.73 Å². The summed E-state index contributed by atoms with van der Waals surface area (Å²) in [5.41, 5.74) is 6.12. The van der Waals surface area contributed by atoms with Crippen LogP contribution in [0.1, 0.15) is 10.4 Å². The van der Waals surface area contributed by atoms with Gasteiger partial charge in [-0.05, 0) is 12.1 Å². The number of carboxylic acids is 1. The average molecular weight is 178 g/mol. The lowest BCUT2D eigenvalue weighted by Gasteiger charge is -1.96. The minimum Gasteiger partial charge on any atom is -0.478 e. The van der Waals surface area contributed by atoms with E-state index in [1.54, 1.807) is 6.07 Å². The molecule has 13 heavy (non-hydrogen) atoms. The number of fused-ring (bicyclic) bond motifs is 1. The predicted molar refractivity (Wildman–Crippen MR) is 44.4 cm³/mol. The van der Waals surface area contributed by atoms with Crippen LogP contribution >= 0.6 is 0 Å². The molecule has 0 aromatic carbocycles. The highest BCUT2D eigenvalue weighted by molar-refractivity contribution is 5.87. The molecule has 2 aromatic heterocycles. The Morgan fingerprint density at radius 3 is 2.92 bits per heavy atom. The van der Waals surface area contributed by atoms with E-state index in [0.717, 1.165) is 0 Å². The number of aromatic carboxylic acids is 1. The maximum absolute atomic E-state index is 10.6. The highest BCUT2D eigenvalue weighted by Crippen LogP contribution is 2.07. The number of carbonyl (C=O) groups is 1. The minimum atomic E-state index is -1.00. The zero-order valence-corrected chi connectivity index (χ0v) is 6.51. The molecule has 0 aliphatic carbocycles. The summed E-state index contributed by atoms with van der Waals surface area (Å²) in [6.07, 6.45) is 1.38. The van der Waals surface area contributed by atoms with Crippen LogP contribution in [0.15, 0.2) is 18.3 Å². The van der Waals surface area contributed by atoms with Gasteiger partial charge in [-0.25, -0.2) is 4.79 Å². The number of pyridine rings is 1. The summed E-state index contributed by atoms with van der Waals surface area (Å²) in [4.78, 5) is 10.6. The van der Waals surface area contributed by atoms with E-state index in [0.29, 0.717) is 5.65 Å². The molecule has 6 heteroatoms. The normalized spacial score (nSPS) is 10.5. The maximum atomic E-state index is 10.6. The quantitative estimate of drug-likeness (QED) is 0.641. The Kier molecular flexibility index (Phi) is 1.42. The summed E-state index contributed by atoms with van der Waals surface area (Å²) in [5.74, 6) is -0.826. The number of carboxylic acid groups (broad SMARTS) is 1. The molecular weight excluding hydrogens is 172 g/mol. The van der Waals surface area contributed by atoms with Crippen molar-refractivity contribution in [1.29, 1.82) is 0 Å². The molecule has 0 radical (unpaired) electrons. The van der Waals surface area contributed by atoms with Gasteiger partial charge in [0, 0.05) is 6.20 Å². The van der Waals surface area contributed by atoms with Crippen LogP contribution in [0.3, 0.4) is 0 Å². The molecule has 0 saturated carbocycles. The van der Waals surface area contributed by atoms with E-state index in [4.69, 9.17) is 10.8 Å². The Morgan fingerprint density at radius 2 is 2.23 bits per heavy atom. The third-order valence-corrected chi connectivity index (χ3v) is 1.68. The van der Waals surface area contributed by atoms with Crippen LogP contribution in [0.4, 0.5) is 5.95 Å². The van der Waals surface area contributed by atoms with Crippen LogP contribution in [0, 0.1) is 0 Å². The van der Waals surface area contributed by atoms with E-state index in [9.17, 15) is 4.79 Å². The van der Waals surface area contributed by atoms with Gasteiger partial charge >= 0.3 is 5.97 Å². The van der Waals surface area contributed by atoms with Crippen molar-refractivity contribution in [3.8, 4) is 0 Å². The molecule has 0 saturated heterocycles. The Bertz CT molecular complexity index is 476. The Morgan fingerprint density at radius 1 is 1.46 bits per heavy atom. The topological polar surface area (TPSA) is 93.5 Å². The van der Waals surface area contributed by atoms with Gasteiger partial charge < -0.3 is 10.8 Å². The van der Waals surface area contributed by atoms with E-state index in [1.807, 2.05) is 0 Å². The number of hydrogen-bond donors (Lipinski definition) is 2. The van der Waals surface area contributed by atoms with E-state index < -0.39 is 5.97 Å². The van der Waals surface area contributed by atoms with E-state index in [2.05, 4.69) is 10.2 Å². The molecule has 0 aliphatic heterocycles. The first-order valence-electron chi connectivity index (χ1n) is 3.52. The molecule has 0 amide bonds. The lowest BCUT2D eigenvalue weighted by Crippen LogP contribution is -2.00. The van der Waals surface area contributed by atoms with Crippen LogP contribution in [-0.2, 0) is 0 Å². The van der Waals surface area contributed by atoms with Crippen molar-refractivity contribution in [3.05, 3.63) is 23.9 Å². The Labute approximate surface area is 72.6 Å². The lowest BCUT2D eigenvalue weighted by atomic mass is 10.3. The fraction of sp³-hybridized carbons (Fsp3) is 0. The van der Waals surface area contributed by atoms with Gasteiger partial charge in [-0.3, -0.25) is 4.40 Å². The average Bonchev–Trinajstić information content (AvgIpc) is 2.47. The van der Waals surface area contributed by atoms with E-state index >= 15 is 0 Å². The first kappa shape index (κ1) is 7.53. The van der Waals surface area contributed by atoms with Crippen molar-refractivity contribution >= 4 is 17.6 Å². The molecule has 66 valence electrons. The number of aromatic nitrogens is 3. The van der Waals surface area contributed by atoms with Crippen molar-refractivity contribution < 1.29 is 9.90 Å². The number of nitrogens with zero attached hydrogens (tertiary/aromatic N) is 3.